The maximum absolute atomic E-state index is 5.97. The Morgan fingerprint density at radius 3 is 2.50 bits per heavy atom. The van der Waals surface area contributed by atoms with E-state index in [4.69, 9.17) is 17.3 Å². The lowest BCUT2D eigenvalue weighted by atomic mass is 10.1. The zero-order valence-corrected chi connectivity index (χ0v) is 10.3. The van der Waals surface area contributed by atoms with E-state index in [0.717, 1.165) is 16.4 Å². The van der Waals surface area contributed by atoms with Crippen LogP contribution in [-0.2, 0) is 0 Å². The number of nitrogens with two attached hydrogens (primary N) is 1. The standard InChI is InChI=1S/C13H19ClN2/c14-10-7-8-12(15)13(9-10)16-11-5-3-1-2-4-6-11/h7-9,11,16H,1-6,15H2. The monoisotopic (exact) mass is 238 g/mol. The van der Waals surface area contributed by atoms with Gasteiger partial charge in [-0.05, 0) is 31.0 Å². The highest BCUT2D eigenvalue weighted by Crippen LogP contribution is 2.27. The van der Waals surface area contributed by atoms with Crippen molar-refractivity contribution < 1.29 is 0 Å². The lowest BCUT2D eigenvalue weighted by Gasteiger charge is -2.19. The summed E-state index contributed by atoms with van der Waals surface area (Å²) in [6.45, 7) is 0. The Labute approximate surface area is 102 Å². The largest absolute Gasteiger partial charge is 0.397 e. The van der Waals surface area contributed by atoms with Gasteiger partial charge in [0.25, 0.3) is 0 Å². The molecule has 3 heteroatoms. The number of benzene rings is 1. The molecular formula is C13H19ClN2. The third kappa shape index (κ3) is 3.05. The molecule has 0 aliphatic heterocycles. The van der Waals surface area contributed by atoms with Crippen LogP contribution in [0.4, 0.5) is 11.4 Å². The molecule has 0 bridgehead atoms. The molecule has 0 aromatic heterocycles. The van der Waals surface area contributed by atoms with E-state index in [1.165, 1.54) is 38.5 Å². The average molecular weight is 239 g/mol. The van der Waals surface area contributed by atoms with Gasteiger partial charge in [-0.25, -0.2) is 0 Å². The summed E-state index contributed by atoms with van der Waals surface area (Å²) in [7, 11) is 0. The van der Waals surface area contributed by atoms with Crippen LogP contribution < -0.4 is 11.1 Å². The summed E-state index contributed by atoms with van der Waals surface area (Å²) >= 11 is 5.97. The first-order chi connectivity index (χ1) is 7.75. The maximum atomic E-state index is 5.97. The molecule has 0 heterocycles. The normalized spacial score (nSPS) is 18.1. The third-order valence-corrected chi connectivity index (χ3v) is 3.47. The summed E-state index contributed by atoms with van der Waals surface area (Å²) < 4.78 is 0. The molecule has 3 N–H and O–H groups in total. The summed E-state index contributed by atoms with van der Waals surface area (Å²) in [6, 6.07) is 6.17. The first-order valence-corrected chi connectivity index (χ1v) is 6.45. The van der Waals surface area contributed by atoms with Gasteiger partial charge in [0, 0.05) is 11.1 Å². The van der Waals surface area contributed by atoms with Crippen molar-refractivity contribution in [1.29, 1.82) is 0 Å². The smallest absolute Gasteiger partial charge is 0.0590 e. The molecule has 16 heavy (non-hydrogen) atoms. The maximum Gasteiger partial charge on any atom is 0.0590 e. The Morgan fingerprint density at radius 2 is 1.81 bits per heavy atom. The van der Waals surface area contributed by atoms with E-state index in [-0.39, 0.29) is 0 Å². The zero-order chi connectivity index (χ0) is 11.4. The van der Waals surface area contributed by atoms with Crippen LogP contribution in [0.25, 0.3) is 0 Å². The first kappa shape index (κ1) is 11.6. The van der Waals surface area contributed by atoms with Gasteiger partial charge in [-0.3, -0.25) is 0 Å². The number of rotatable bonds is 2. The SMILES string of the molecule is Nc1ccc(Cl)cc1NC1CCCCCC1. The molecule has 0 spiro atoms. The number of nitrogens with one attached hydrogen (secondary N) is 1. The number of halogens is 1. The van der Waals surface area contributed by atoms with Gasteiger partial charge in [0.05, 0.1) is 11.4 Å². The second-order valence-corrected chi connectivity index (χ2v) is 5.00. The van der Waals surface area contributed by atoms with Crippen molar-refractivity contribution in [3.8, 4) is 0 Å². The molecule has 1 aromatic rings. The summed E-state index contributed by atoms with van der Waals surface area (Å²) in [5, 5.41) is 4.26. The molecule has 1 aromatic carbocycles. The van der Waals surface area contributed by atoms with E-state index in [2.05, 4.69) is 5.32 Å². The average Bonchev–Trinajstić information content (AvgIpc) is 2.52. The minimum absolute atomic E-state index is 0.559. The minimum atomic E-state index is 0.559. The van der Waals surface area contributed by atoms with Crippen molar-refractivity contribution in [3.05, 3.63) is 23.2 Å². The van der Waals surface area contributed by atoms with Crippen molar-refractivity contribution in [2.75, 3.05) is 11.1 Å². The van der Waals surface area contributed by atoms with Crippen molar-refractivity contribution in [3.63, 3.8) is 0 Å². The van der Waals surface area contributed by atoms with Crippen LogP contribution in [0.1, 0.15) is 38.5 Å². The molecule has 0 saturated heterocycles. The fourth-order valence-electron chi connectivity index (χ4n) is 2.30. The lowest BCUT2D eigenvalue weighted by molar-refractivity contribution is 0.620. The predicted octanol–water partition coefficient (Wildman–Crippen LogP) is 4.06. The molecule has 2 rings (SSSR count). The number of anilines is 2. The van der Waals surface area contributed by atoms with Crippen molar-refractivity contribution in [2.24, 2.45) is 0 Å². The van der Waals surface area contributed by atoms with Gasteiger partial charge < -0.3 is 11.1 Å². The van der Waals surface area contributed by atoms with Gasteiger partial charge in [-0.15, -0.1) is 0 Å². The molecule has 0 radical (unpaired) electrons. The lowest BCUT2D eigenvalue weighted by Crippen LogP contribution is -2.19. The molecule has 88 valence electrons. The second-order valence-electron chi connectivity index (χ2n) is 4.56. The fraction of sp³-hybridized carbons (Fsp3) is 0.538. The Hall–Kier alpha value is -0.890. The highest BCUT2D eigenvalue weighted by molar-refractivity contribution is 6.31. The molecule has 1 fully saturated rings. The molecule has 0 amide bonds. The van der Waals surface area contributed by atoms with Crippen LogP contribution in [0.2, 0.25) is 5.02 Å². The molecule has 0 atom stereocenters. The van der Waals surface area contributed by atoms with E-state index in [1.807, 2.05) is 18.2 Å². The third-order valence-electron chi connectivity index (χ3n) is 3.23. The molecule has 2 nitrogen and oxygen atoms in total. The summed E-state index contributed by atoms with van der Waals surface area (Å²) in [5.74, 6) is 0. The van der Waals surface area contributed by atoms with Gasteiger partial charge in [0.2, 0.25) is 0 Å². The molecule has 1 aliphatic carbocycles. The molecular weight excluding hydrogens is 220 g/mol. The van der Waals surface area contributed by atoms with Gasteiger partial charge in [-0.2, -0.15) is 0 Å². The number of hydrogen-bond donors (Lipinski definition) is 2. The van der Waals surface area contributed by atoms with Crippen molar-refractivity contribution >= 4 is 23.0 Å². The number of hydrogen-bond acceptors (Lipinski definition) is 2. The van der Waals surface area contributed by atoms with Gasteiger partial charge in [-0.1, -0.05) is 37.3 Å². The molecule has 0 unspecified atom stereocenters. The zero-order valence-electron chi connectivity index (χ0n) is 9.51. The Balaban J connectivity index is 2.04. The van der Waals surface area contributed by atoms with Crippen LogP contribution in [0.5, 0.6) is 0 Å². The summed E-state index contributed by atoms with van der Waals surface area (Å²) in [4.78, 5) is 0. The second kappa shape index (κ2) is 5.44. The van der Waals surface area contributed by atoms with Gasteiger partial charge in [0.1, 0.15) is 0 Å². The Kier molecular flexibility index (Phi) is 3.94. The summed E-state index contributed by atoms with van der Waals surface area (Å²) in [5.41, 5.74) is 7.70. The first-order valence-electron chi connectivity index (χ1n) is 6.07. The fourth-order valence-corrected chi connectivity index (χ4v) is 2.47. The van der Waals surface area contributed by atoms with Gasteiger partial charge >= 0.3 is 0 Å². The van der Waals surface area contributed by atoms with Crippen LogP contribution in [0.15, 0.2) is 18.2 Å². The van der Waals surface area contributed by atoms with Crippen molar-refractivity contribution in [1.82, 2.24) is 0 Å². The Morgan fingerprint density at radius 1 is 1.12 bits per heavy atom. The highest BCUT2D eigenvalue weighted by atomic mass is 35.5. The van der Waals surface area contributed by atoms with E-state index >= 15 is 0 Å². The van der Waals surface area contributed by atoms with E-state index in [1.54, 1.807) is 0 Å². The quantitative estimate of drug-likeness (QED) is 0.603. The molecule has 1 aliphatic rings. The van der Waals surface area contributed by atoms with E-state index in [9.17, 15) is 0 Å². The van der Waals surface area contributed by atoms with Crippen LogP contribution in [-0.4, -0.2) is 6.04 Å². The Bertz CT molecular complexity index is 344. The van der Waals surface area contributed by atoms with E-state index in [0.29, 0.717) is 6.04 Å². The predicted molar refractivity (Wildman–Crippen MR) is 71.0 cm³/mol. The summed E-state index contributed by atoms with van der Waals surface area (Å²) in [6.07, 6.45) is 7.85. The van der Waals surface area contributed by atoms with Crippen LogP contribution >= 0.6 is 11.6 Å². The topological polar surface area (TPSA) is 38.0 Å². The van der Waals surface area contributed by atoms with Crippen LogP contribution in [0.3, 0.4) is 0 Å². The van der Waals surface area contributed by atoms with Gasteiger partial charge in [0.15, 0.2) is 0 Å². The van der Waals surface area contributed by atoms with Crippen LogP contribution in [0, 0.1) is 0 Å². The minimum Gasteiger partial charge on any atom is -0.397 e. The number of nitrogen functional groups attached to an aromatic ring is 1. The van der Waals surface area contributed by atoms with E-state index < -0.39 is 0 Å². The van der Waals surface area contributed by atoms with Crippen molar-refractivity contribution in [2.45, 2.75) is 44.6 Å². The highest BCUT2D eigenvalue weighted by Gasteiger charge is 2.12. The molecule has 1 saturated carbocycles.